The van der Waals surface area contributed by atoms with Gasteiger partial charge in [0.25, 0.3) is 0 Å². The molecule has 0 aliphatic carbocycles. The fourth-order valence-electron chi connectivity index (χ4n) is 1.96. The number of rotatable bonds is 6. The molecule has 0 aliphatic rings. The molecule has 0 amide bonds. The van der Waals surface area contributed by atoms with Crippen LogP contribution in [0.4, 0.5) is 0 Å². The Hall–Kier alpha value is -2.14. The standard InChI is InChI=1S/C15H18N2O3/c1-12(13-6-4-3-5-7-13)17-11-16-10-14(17)15(18)20-9-8-19-2/h3-7,10-12H,8-9H2,1-2H3/t12-/m0/s1. The second-order valence-corrected chi connectivity index (χ2v) is 4.40. The number of nitrogens with zero attached hydrogens (tertiary/aromatic N) is 2. The van der Waals surface area contributed by atoms with Crippen molar-refractivity contribution in [2.45, 2.75) is 13.0 Å². The van der Waals surface area contributed by atoms with Crippen LogP contribution in [0.2, 0.25) is 0 Å². The molecule has 20 heavy (non-hydrogen) atoms. The van der Waals surface area contributed by atoms with Crippen LogP contribution in [0.1, 0.15) is 29.0 Å². The van der Waals surface area contributed by atoms with Crippen molar-refractivity contribution < 1.29 is 14.3 Å². The van der Waals surface area contributed by atoms with E-state index in [1.54, 1.807) is 13.4 Å². The van der Waals surface area contributed by atoms with E-state index < -0.39 is 0 Å². The van der Waals surface area contributed by atoms with Crippen molar-refractivity contribution in [3.63, 3.8) is 0 Å². The minimum absolute atomic E-state index is 0.0173. The summed E-state index contributed by atoms with van der Waals surface area (Å²) in [4.78, 5) is 16.0. The Morgan fingerprint density at radius 1 is 1.30 bits per heavy atom. The number of esters is 1. The molecule has 0 saturated carbocycles. The Labute approximate surface area is 118 Å². The summed E-state index contributed by atoms with van der Waals surface area (Å²) in [6.07, 6.45) is 3.17. The molecule has 1 aromatic heterocycles. The maximum atomic E-state index is 12.0. The van der Waals surface area contributed by atoms with Crippen LogP contribution in [0.5, 0.6) is 0 Å². The van der Waals surface area contributed by atoms with Crippen LogP contribution in [0.15, 0.2) is 42.9 Å². The predicted octanol–water partition coefficient (Wildman–Crippen LogP) is 2.30. The third kappa shape index (κ3) is 3.24. The topological polar surface area (TPSA) is 53.4 Å². The smallest absolute Gasteiger partial charge is 0.356 e. The van der Waals surface area contributed by atoms with E-state index in [9.17, 15) is 4.79 Å². The molecule has 0 unspecified atom stereocenters. The van der Waals surface area contributed by atoms with Crippen molar-refractivity contribution in [1.82, 2.24) is 9.55 Å². The minimum Gasteiger partial charge on any atom is -0.459 e. The van der Waals surface area contributed by atoms with Gasteiger partial charge in [0.15, 0.2) is 0 Å². The van der Waals surface area contributed by atoms with Crippen LogP contribution in [-0.4, -0.2) is 35.8 Å². The van der Waals surface area contributed by atoms with Crippen molar-refractivity contribution in [1.29, 1.82) is 0 Å². The molecule has 5 nitrogen and oxygen atoms in total. The van der Waals surface area contributed by atoms with Gasteiger partial charge >= 0.3 is 5.97 Å². The van der Waals surface area contributed by atoms with Gasteiger partial charge in [-0.3, -0.25) is 0 Å². The normalized spacial score (nSPS) is 12.1. The van der Waals surface area contributed by atoms with Gasteiger partial charge < -0.3 is 14.0 Å². The summed E-state index contributed by atoms with van der Waals surface area (Å²) in [5.74, 6) is -0.387. The average Bonchev–Trinajstić information content (AvgIpc) is 2.97. The SMILES string of the molecule is COCCOC(=O)c1cncn1[C@@H](C)c1ccccc1. The lowest BCUT2D eigenvalue weighted by Crippen LogP contribution is -2.17. The van der Waals surface area contributed by atoms with Gasteiger partial charge in [-0.25, -0.2) is 9.78 Å². The number of carbonyl (C=O) groups is 1. The number of hydrogen-bond acceptors (Lipinski definition) is 4. The van der Waals surface area contributed by atoms with Gasteiger partial charge in [-0.2, -0.15) is 0 Å². The minimum atomic E-state index is -0.387. The highest BCUT2D eigenvalue weighted by atomic mass is 16.6. The van der Waals surface area contributed by atoms with Gasteiger partial charge in [-0.1, -0.05) is 30.3 Å². The zero-order valence-electron chi connectivity index (χ0n) is 11.7. The van der Waals surface area contributed by atoms with Gasteiger partial charge in [0.05, 0.1) is 25.2 Å². The molecule has 1 aromatic carbocycles. The van der Waals surface area contributed by atoms with E-state index in [-0.39, 0.29) is 18.6 Å². The summed E-state index contributed by atoms with van der Waals surface area (Å²) in [5, 5.41) is 0. The summed E-state index contributed by atoms with van der Waals surface area (Å²) in [6, 6.07) is 9.96. The molecule has 0 radical (unpaired) electrons. The van der Waals surface area contributed by atoms with Crippen LogP contribution in [0, 0.1) is 0 Å². The fourth-order valence-corrected chi connectivity index (χ4v) is 1.96. The number of imidazole rings is 1. The molecule has 0 N–H and O–H groups in total. The molecular weight excluding hydrogens is 256 g/mol. The van der Waals surface area contributed by atoms with Crippen LogP contribution in [0.25, 0.3) is 0 Å². The summed E-state index contributed by atoms with van der Waals surface area (Å²) in [7, 11) is 1.57. The summed E-state index contributed by atoms with van der Waals surface area (Å²) >= 11 is 0. The number of ether oxygens (including phenoxy) is 2. The Balaban J connectivity index is 2.14. The van der Waals surface area contributed by atoms with Gasteiger partial charge in [0.2, 0.25) is 0 Å². The molecular formula is C15H18N2O3. The second kappa shape index (κ2) is 6.86. The molecule has 1 atom stereocenters. The highest BCUT2D eigenvalue weighted by Gasteiger charge is 2.17. The lowest BCUT2D eigenvalue weighted by Gasteiger charge is -2.16. The van der Waals surface area contributed by atoms with E-state index in [1.165, 1.54) is 6.20 Å². The van der Waals surface area contributed by atoms with Gasteiger partial charge in [-0.15, -0.1) is 0 Å². The van der Waals surface area contributed by atoms with E-state index in [0.29, 0.717) is 12.3 Å². The van der Waals surface area contributed by atoms with Crippen molar-refractivity contribution in [3.05, 3.63) is 54.1 Å². The van der Waals surface area contributed by atoms with Crippen molar-refractivity contribution in [2.75, 3.05) is 20.3 Å². The molecule has 0 fully saturated rings. The Morgan fingerprint density at radius 3 is 2.75 bits per heavy atom. The molecule has 2 aromatic rings. The van der Waals surface area contributed by atoms with E-state index in [0.717, 1.165) is 5.56 Å². The van der Waals surface area contributed by atoms with Crippen LogP contribution in [-0.2, 0) is 9.47 Å². The largest absolute Gasteiger partial charge is 0.459 e. The Bertz CT molecular complexity index is 551. The third-order valence-electron chi connectivity index (χ3n) is 3.10. The number of aromatic nitrogens is 2. The maximum Gasteiger partial charge on any atom is 0.356 e. The van der Waals surface area contributed by atoms with Crippen LogP contribution in [0.3, 0.4) is 0 Å². The van der Waals surface area contributed by atoms with Crippen molar-refractivity contribution >= 4 is 5.97 Å². The highest BCUT2D eigenvalue weighted by molar-refractivity contribution is 5.87. The summed E-state index contributed by atoms with van der Waals surface area (Å²) in [5.41, 5.74) is 1.55. The van der Waals surface area contributed by atoms with E-state index in [2.05, 4.69) is 4.98 Å². The van der Waals surface area contributed by atoms with Gasteiger partial charge in [0, 0.05) is 7.11 Å². The monoisotopic (exact) mass is 274 g/mol. The van der Waals surface area contributed by atoms with E-state index >= 15 is 0 Å². The molecule has 0 aliphatic heterocycles. The van der Waals surface area contributed by atoms with E-state index in [4.69, 9.17) is 9.47 Å². The van der Waals surface area contributed by atoms with Gasteiger partial charge in [0.1, 0.15) is 12.3 Å². The molecule has 5 heteroatoms. The lowest BCUT2D eigenvalue weighted by atomic mass is 10.1. The average molecular weight is 274 g/mol. The first kappa shape index (κ1) is 14.3. The molecule has 0 spiro atoms. The number of methoxy groups -OCH3 is 1. The Kier molecular flexibility index (Phi) is 4.90. The van der Waals surface area contributed by atoms with E-state index in [1.807, 2.05) is 41.8 Å². The van der Waals surface area contributed by atoms with Crippen molar-refractivity contribution in [2.24, 2.45) is 0 Å². The van der Waals surface area contributed by atoms with Gasteiger partial charge in [-0.05, 0) is 12.5 Å². The number of benzene rings is 1. The maximum absolute atomic E-state index is 12.0. The quantitative estimate of drug-likeness (QED) is 0.599. The molecule has 0 saturated heterocycles. The fraction of sp³-hybridized carbons (Fsp3) is 0.333. The molecule has 2 rings (SSSR count). The molecule has 1 heterocycles. The van der Waals surface area contributed by atoms with Crippen LogP contribution < -0.4 is 0 Å². The zero-order valence-corrected chi connectivity index (χ0v) is 11.7. The second-order valence-electron chi connectivity index (χ2n) is 4.40. The number of hydrogen-bond donors (Lipinski definition) is 0. The highest BCUT2D eigenvalue weighted by Crippen LogP contribution is 2.19. The Morgan fingerprint density at radius 2 is 2.05 bits per heavy atom. The first-order valence-corrected chi connectivity index (χ1v) is 6.47. The van der Waals surface area contributed by atoms with Crippen molar-refractivity contribution in [3.8, 4) is 0 Å². The molecule has 106 valence electrons. The predicted molar refractivity (Wildman–Crippen MR) is 74.6 cm³/mol. The number of carbonyl (C=O) groups excluding carboxylic acids is 1. The lowest BCUT2D eigenvalue weighted by molar-refractivity contribution is 0.0375. The van der Waals surface area contributed by atoms with Crippen LogP contribution >= 0.6 is 0 Å². The molecule has 0 bridgehead atoms. The third-order valence-corrected chi connectivity index (χ3v) is 3.10. The first-order valence-electron chi connectivity index (χ1n) is 6.47. The summed E-state index contributed by atoms with van der Waals surface area (Å²) < 4.78 is 11.8. The first-order chi connectivity index (χ1) is 9.74. The zero-order chi connectivity index (χ0) is 14.4. The summed E-state index contributed by atoms with van der Waals surface area (Å²) in [6.45, 7) is 2.64.